The molecule has 2 N–H and O–H groups in total. The van der Waals surface area contributed by atoms with Gasteiger partial charge in [-0.1, -0.05) is 48.5 Å². The minimum atomic E-state index is 0.878. The van der Waals surface area contributed by atoms with Crippen LogP contribution in [-0.2, 0) is 4.74 Å². The van der Waals surface area contributed by atoms with Gasteiger partial charge < -0.3 is 19.5 Å². The molecule has 4 aromatic rings. The summed E-state index contributed by atoms with van der Waals surface area (Å²) in [5.41, 5.74) is 4.32. The van der Waals surface area contributed by atoms with Gasteiger partial charge in [0.25, 0.3) is 0 Å². The zero-order valence-electron chi connectivity index (χ0n) is 17.6. The molecule has 0 saturated carbocycles. The van der Waals surface area contributed by atoms with Gasteiger partial charge in [0.05, 0.1) is 25.1 Å². The highest BCUT2D eigenvalue weighted by atomic mass is 16.5. The Morgan fingerprint density at radius 2 is 1.68 bits per heavy atom. The van der Waals surface area contributed by atoms with Crippen molar-refractivity contribution in [3.63, 3.8) is 0 Å². The molecular formula is C25H28N5O+. The minimum Gasteiger partial charge on any atom is -0.370 e. The second-order valence-electron chi connectivity index (χ2n) is 7.93. The summed E-state index contributed by atoms with van der Waals surface area (Å²) in [6, 6.07) is 20.8. The van der Waals surface area contributed by atoms with E-state index in [-0.39, 0.29) is 0 Å². The normalized spacial score (nSPS) is 14.7. The maximum atomic E-state index is 5.46. The van der Waals surface area contributed by atoms with Gasteiger partial charge in [0, 0.05) is 30.4 Å². The van der Waals surface area contributed by atoms with Gasteiger partial charge in [0.1, 0.15) is 25.2 Å². The molecule has 0 atom stereocenters. The topological polar surface area (TPSA) is 56.4 Å². The molecule has 6 heteroatoms. The van der Waals surface area contributed by atoms with Crippen molar-refractivity contribution in [1.82, 2.24) is 14.5 Å². The fourth-order valence-corrected chi connectivity index (χ4v) is 4.27. The third-order valence-electron chi connectivity index (χ3n) is 5.90. The average molecular weight is 415 g/mol. The van der Waals surface area contributed by atoms with Crippen molar-refractivity contribution in [3.05, 3.63) is 73.2 Å². The first-order chi connectivity index (χ1) is 15.4. The van der Waals surface area contributed by atoms with E-state index in [0.717, 1.165) is 79.5 Å². The zero-order chi connectivity index (χ0) is 20.9. The minimum absolute atomic E-state index is 0.878. The number of nitrogens with one attached hydrogen (secondary N) is 2. The van der Waals surface area contributed by atoms with Gasteiger partial charge >= 0.3 is 0 Å². The Labute approximate surface area is 182 Å². The van der Waals surface area contributed by atoms with Gasteiger partial charge in [0.15, 0.2) is 5.65 Å². The van der Waals surface area contributed by atoms with Crippen molar-refractivity contribution in [1.29, 1.82) is 0 Å². The summed E-state index contributed by atoms with van der Waals surface area (Å²) >= 11 is 0. The van der Waals surface area contributed by atoms with Crippen LogP contribution in [0.4, 0.5) is 5.82 Å². The van der Waals surface area contributed by atoms with Gasteiger partial charge in [-0.2, -0.15) is 0 Å². The van der Waals surface area contributed by atoms with Crippen LogP contribution in [-0.4, -0.2) is 53.9 Å². The molecule has 3 heterocycles. The second kappa shape index (κ2) is 9.29. The smallest absolute Gasteiger partial charge is 0.150 e. The van der Waals surface area contributed by atoms with Crippen molar-refractivity contribution in [2.24, 2.45) is 0 Å². The molecule has 0 radical (unpaired) electrons. The third kappa shape index (κ3) is 4.31. The van der Waals surface area contributed by atoms with Crippen LogP contribution >= 0.6 is 0 Å². The molecule has 5 rings (SSSR count). The Balaban J connectivity index is 1.46. The molecule has 0 bridgehead atoms. The lowest BCUT2D eigenvalue weighted by molar-refractivity contribution is -0.908. The highest BCUT2D eigenvalue weighted by molar-refractivity contribution is 6.02. The molecule has 2 aromatic carbocycles. The number of quaternary nitrogens is 1. The van der Waals surface area contributed by atoms with Crippen LogP contribution in [0.2, 0.25) is 0 Å². The fraction of sp³-hybridized carbons (Fsp3) is 0.280. The van der Waals surface area contributed by atoms with Gasteiger partial charge in [-0.15, -0.1) is 0 Å². The maximum Gasteiger partial charge on any atom is 0.150 e. The number of fused-ring (bicyclic) bond motifs is 1. The van der Waals surface area contributed by atoms with E-state index in [9.17, 15) is 0 Å². The molecular weight excluding hydrogens is 386 g/mol. The summed E-state index contributed by atoms with van der Waals surface area (Å²) in [4.78, 5) is 10.9. The molecule has 6 nitrogen and oxygen atoms in total. The van der Waals surface area contributed by atoms with E-state index in [0.29, 0.717) is 0 Å². The van der Waals surface area contributed by atoms with Crippen LogP contribution in [0.1, 0.15) is 6.42 Å². The van der Waals surface area contributed by atoms with E-state index >= 15 is 0 Å². The fourth-order valence-electron chi connectivity index (χ4n) is 4.27. The third-order valence-corrected chi connectivity index (χ3v) is 5.90. The molecule has 1 aliphatic rings. The lowest BCUT2D eigenvalue weighted by Gasteiger charge is -2.23. The lowest BCUT2D eigenvalue weighted by atomic mass is 10.1. The van der Waals surface area contributed by atoms with Crippen molar-refractivity contribution in [3.8, 4) is 16.8 Å². The Bertz CT molecular complexity index is 1120. The maximum absolute atomic E-state index is 5.46. The number of ether oxygens (including phenoxy) is 1. The van der Waals surface area contributed by atoms with E-state index in [1.807, 2.05) is 12.1 Å². The van der Waals surface area contributed by atoms with E-state index in [2.05, 4.69) is 74.6 Å². The number of benzene rings is 2. The van der Waals surface area contributed by atoms with Crippen LogP contribution in [0.3, 0.4) is 0 Å². The van der Waals surface area contributed by atoms with Gasteiger partial charge in [-0.05, 0) is 17.7 Å². The summed E-state index contributed by atoms with van der Waals surface area (Å²) in [6.07, 6.45) is 4.93. The summed E-state index contributed by atoms with van der Waals surface area (Å²) in [5, 5.41) is 4.66. The number of nitrogens with zero attached hydrogens (tertiary/aromatic N) is 3. The first-order valence-electron chi connectivity index (χ1n) is 11.0. The Hall–Kier alpha value is -3.22. The highest BCUT2D eigenvalue weighted by Crippen LogP contribution is 2.35. The Morgan fingerprint density at radius 3 is 2.45 bits per heavy atom. The summed E-state index contributed by atoms with van der Waals surface area (Å²) in [6.45, 7) is 6.01. The number of aromatic nitrogens is 3. The number of para-hydroxylation sites is 1. The lowest BCUT2D eigenvalue weighted by Crippen LogP contribution is -3.14. The van der Waals surface area contributed by atoms with Crippen LogP contribution in [0.15, 0.2) is 73.2 Å². The standard InChI is InChI=1S/C25H27N5O/c1-3-8-20(9-4-1)22-18-30(21-10-5-2-6-11-21)25-23(22)24(27-19-28-25)26-12-7-13-29-14-16-31-17-15-29/h1-6,8-11,18-19H,7,12-17H2,(H,26,27,28)/p+1. The first-order valence-corrected chi connectivity index (χ1v) is 11.0. The molecule has 1 aliphatic heterocycles. The van der Waals surface area contributed by atoms with Gasteiger partial charge in [-0.25, -0.2) is 9.97 Å². The SMILES string of the molecule is c1ccc(-c2cn(-c3ccccc3)c3ncnc(NCCC[NH+]4CCOCC4)c23)cc1. The summed E-state index contributed by atoms with van der Waals surface area (Å²) < 4.78 is 7.62. The Kier molecular flexibility index (Phi) is 5.91. The number of rotatable bonds is 7. The van der Waals surface area contributed by atoms with Crippen molar-refractivity contribution in [2.45, 2.75) is 6.42 Å². The monoisotopic (exact) mass is 414 g/mol. The predicted molar refractivity (Wildman–Crippen MR) is 124 cm³/mol. The molecule has 0 spiro atoms. The van der Waals surface area contributed by atoms with E-state index < -0.39 is 0 Å². The molecule has 0 unspecified atom stereocenters. The number of anilines is 1. The average Bonchev–Trinajstić information content (AvgIpc) is 3.24. The first kappa shape index (κ1) is 19.7. The van der Waals surface area contributed by atoms with Crippen molar-refractivity contribution >= 4 is 16.9 Å². The number of hydrogen-bond acceptors (Lipinski definition) is 4. The van der Waals surface area contributed by atoms with E-state index in [4.69, 9.17) is 4.74 Å². The van der Waals surface area contributed by atoms with Gasteiger partial charge in [-0.3, -0.25) is 0 Å². The van der Waals surface area contributed by atoms with Crippen LogP contribution in [0, 0.1) is 0 Å². The van der Waals surface area contributed by atoms with Gasteiger partial charge in [0.2, 0.25) is 0 Å². The second-order valence-corrected chi connectivity index (χ2v) is 7.93. The molecule has 0 amide bonds. The molecule has 1 fully saturated rings. The number of morpholine rings is 1. The molecule has 31 heavy (non-hydrogen) atoms. The van der Waals surface area contributed by atoms with Crippen molar-refractivity contribution < 1.29 is 9.64 Å². The van der Waals surface area contributed by atoms with E-state index in [1.54, 1.807) is 11.2 Å². The Morgan fingerprint density at radius 1 is 0.935 bits per heavy atom. The predicted octanol–water partition coefficient (Wildman–Crippen LogP) is 2.80. The van der Waals surface area contributed by atoms with Crippen LogP contribution < -0.4 is 10.2 Å². The van der Waals surface area contributed by atoms with Crippen molar-refractivity contribution in [2.75, 3.05) is 44.7 Å². The molecule has 158 valence electrons. The molecule has 1 saturated heterocycles. The summed E-state index contributed by atoms with van der Waals surface area (Å²) in [7, 11) is 0. The zero-order valence-corrected chi connectivity index (χ0v) is 17.6. The summed E-state index contributed by atoms with van der Waals surface area (Å²) in [5.74, 6) is 0.899. The van der Waals surface area contributed by atoms with E-state index in [1.165, 1.54) is 0 Å². The van der Waals surface area contributed by atoms with Crippen LogP contribution in [0.5, 0.6) is 0 Å². The molecule has 2 aromatic heterocycles. The molecule has 0 aliphatic carbocycles. The largest absolute Gasteiger partial charge is 0.370 e. The van der Waals surface area contributed by atoms with Crippen LogP contribution in [0.25, 0.3) is 27.8 Å². The number of hydrogen-bond donors (Lipinski definition) is 2. The highest BCUT2D eigenvalue weighted by Gasteiger charge is 2.17. The quantitative estimate of drug-likeness (QED) is 0.457.